The molecule has 0 saturated carbocycles. The van der Waals surface area contributed by atoms with Crippen molar-refractivity contribution in [3.63, 3.8) is 0 Å². The highest BCUT2D eigenvalue weighted by Gasteiger charge is 2.20. The Bertz CT molecular complexity index is 310. The molecule has 2 rings (SSSR count). The van der Waals surface area contributed by atoms with Crippen molar-refractivity contribution in [1.29, 1.82) is 0 Å². The van der Waals surface area contributed by atoms with E-state index in [-0.39, 0.29) is 0 Å². The van der Waals surface area contributed by atoms with Gasteiger partial charge in [0.1, 0.15) is 5.75 Å². The molecule has 1 aromatic rings. The molecule has 1 fully saturated rings. The van der Waals surface area contributed by atoms with Crippen molar-refractivity contribution in [3.8, 4) is 5.75 Å². The van der Waals surface area contributed by atoms with E-state index in [1.165, 1.54) is 5.56 Å². The van der Waals surface area contributed by atoms with E-state index in [0.717, 1.165) is 25.5 Å². The molecule has 1 heterocycles. The lowest BCUT2D eigenvalue weighted by Gasteiger charge is -2.32. The summed E-state index contributed by atoms with van der Waals surface area (Å²) >= 11 is 0. The maximum Gasteiger partial charge on any atom is 0.118 e. The lowest BCUT2D eigenvalue weighted by molar-refractivity contribution is 0.00504. The summed E-state index contributed by atoms with van der Waals surface area (Å²) in [4.78, 5) is 2.32. The lowest BCUT2D eigenvalue weighted by atomic mass is 10.1. The molecule has 1 aromatic carbocycles. The molecular formula is C12H17NO2. The van der Waals surface area contributed by atoms with Gasteiger partial charge in [0.2, 0.25) is 0 Å². The van der Waals surface area contributed by atoms with Crippen LogP contribution in [0.3, 0.4) is 0 Å². The van der Waals surface area contributed by atoms with Gasteiger partial charge >= 0.3 is 0 Å². The van der Waals surface area contributed by atoms with E-state index in [1.807, 2.05) is 12.1 Å². The average molecular weight is 207 g/mol. The van der Waals surface area contributed by atoms with Crippen LogP contribution in [0.1, 0.15) is 11.6 Å². The third kappa shape index (κ3) is 2.30. The normalized spacial score (nSPS) is 22.7. The number of methoxy groups -OCH3 is 1. The maximum atomic E-state index is 5.49. The molecule has 0 aliphatic carbocycles. The fraction of sp³-hybridized carbons (Fsp3) is 0.500. The molecule has 0 aromatic heterocycles. The van der Waals surface area contributed by atoms with E-state index >= 15 is 0 Å². The van der Waals surface area contributed by atoms with Gasteiger partial charge in [0.05, 0.1) is 26.4 Å². The zero-order valence-electron chi connectivity index (χ0n) is 9.27. The summed E-state index contributed by atoms with van der Waals surface area (Å²) in [6.45, 7) is 2.61. The Kier molecular flexibility index (Phi) is 3.23. The van der Waals surface area contributed by atoms with Crippen molar-refractivity contribution in [2.45, 2.75) is 6.04 Å². The van der Waals surface area contributed by atoms with Gasteiger partial charge in [-0.1, -0.05) is 12.1 Å². The molecule has 1 aliphatic rings. The molecule has 1 atom stereocenters. The van der Waals surface area contributed by atoms with Crippen LogP contribution < -0.4 is 4.74 Å². The largest absolute Gasteiger partial charge is 0.497 e. The van der Waals surface area contributed by atoms with Gasteiger partial charge in [-0.3, -0.25) is 4.90 Å². The summed E-state index contributed by atoms with van der Waals surface area (Å²) < 4.78 is 10.6. The van der Waals surface area contributed by atoms with Crippen LogP contribution in [0.4, 0.5) is 0 Å². The van der Waals surface area contributed by atoms with Crippen molar-refractivity contribution < 1.29 is 9.47 Å². The summed E-state index contributed by atoms with van der Waals surface area (Å²) in [5.74, 6) is 0.901. The minimum absolute atomic E-state index is 0.379. The van der Waals surface area contributed by atoms with E-state index in [1.54, 1.807) is 7.11 Å². The minimum atomic E-state index is 0.379. The third-order valence-corrected chi connectivity index (χ3v) is 2.90. The van der Waals surface area contributed by atoms with Crippen LogP contribution in [0.2, 0.25) is 0 Å². The number of nitrogens with zero attached hydrogens (tertiary/aromatic N) is 1. The summed E-state index contributed by atoms with van der Waals surface area (Å²) in [7, 11) is 3.82. The topological polar surface area (TPSA) is 21.7 Å². The summed E-state index contributed by atoms with van der Waals surface area (Å²) in [6, 6.07) is 8.59. The first kappa shape index (κ1) is 10.5. The van der Waals surface area contributed by atoms with Crippen LogP contribution in [0.5, 0.6) is 5.75 Å². The molecule has 0 N–H and O–H groups in total. The van der Waals surface area contributed by atoms with Crippen molar-refractivity contribution in [3.05, 3.63) is 29.8 Å². The Balaban J connectivity index is 2.13. The number of hydrogen-bond donors (Lipinski definition) is 0. The van der Waals surface area contributed by atoms with E-state index in [0.29, 0.717) is 6.04 Å². The van der Waals surface area contributed by atoms with Crippen LogP contribution in [0.25, 0.3) is 0 Å². The van der Waals surface area contributed by atoms with Gasteiger partial charge < -0.3 is 9.47 Å². The van der Waals surface area contributed by atoms with Gasteiger partial charge in [0, 0.05) is 6.54 Å². The highest BCUT2D eigenvalue weighted by Crippen LogP contribution is 2.24. The average Bonchev–Trinajstić information content (AvgIpc) is 2.30. The van der Waals surface area contributed by atoms with Crippen LogP contribution in [-0.4, -0.2) is 38.8 Å². The van der Waals surface area contributed by atoms with Crippen molar-refractivity contribution in [1.82, 2.24) is 4.90 Å². The van der Waals surface area contributed by atoms with Crippen LogP contribution in [0, 0.1) is 0 Å². The number of morpholine rings is 1. The first-order chi connectivity index (χ1) is 7.31. The molecule has 0 amide bonds. The van der Waals surface area contributed by atoms with Crippen molar-refractivity contribution in [2.75, 3.05) is 33.9 Å². The fourth-order valence-electron chi connectivity index (χ4n) is 1.86. The second-order valence-electron chi connectivity index (χ2n) is 3.84. The van der Waals surface area contributed by atoms with Gasteiger partial charge in [-0.05, 0) is 24.7 Å². The smallest absolute Gasteiger partial charge is 0.118 e. The lowest BCUT2D eigenvalue weighted by Crippen LogP contribution is -2.36. The number of benzene rings is 1. The highest BCUT2D eigenvalue weighted by molar-refractivity contribution is 5.29. The van der Waals surface area contributed by atoms with Crippen LogP contribution in [-0.2, 0) is 4.74 Å². The maximum absolute atomic E-state index is 5.49. The van der Waals surface area contributed by atoms with Crippen LogP contribution in [0.15, 0.2) is 24.3 Å². The highest BCUT2D eigenvalue weighted by atomic mass is 16.5. The van der Waals surface area contributed by atoms with Gasteiger partial charge in [-0.15, -0.1) is 0 Å². The summed E-state index contributed by atoms with van der Waals surface area (Å²) in [6.07, 6.45) is 0. The van der Waals surface area contributed by atoms with E-state index in [9.17, 15) is 0 Å². The Morgan fingerprint density at radius 1 is 1.33 bits per heavy atom. The zero-order chi connectivity index (χ0) is 10.7. The first-order valence-corrected chi connectivity index (χ1v) is 5.23. The van der Waals surface area contributed by atoms with E-state index < -0.39 is 0 Å². The predicted octanol–water partition coefficient (Wildman–Crippen LogP) is 1.70. The molecule has 1 aliphatic heterocycles. The third-order valence-electron chi connectivity index (χ3n) is 2.90. The minimum Gasteiger partial charge on any atom is -0.497 e. The zero-order valence-corrected chi connectivity index (χ0v) is 9.27. The van der Waals surface area contributed by atoms with Gasteiger partial charge in [0.15, 0.2) is 0 Å². The molecule has 0 bridgehead atoms. The predicted molar refractivity (Wildman–Crippen MR) is 59.2 cm³/mol. The number of hydrogen-bond acceptors (Lipinski definition) is 3. The van der Waals surface area contributed by atoms with Gasteiger partial charge in [0.25, 0.3) is 0 Å². The van der Waals surface area contributed by atoms with Crippen LogP contribution >= 0.6 is 0 Å². The Morgan fingerprint density at radius 3 is 2.67 bits per heavy atom. The molecular weight excluding hydrogens is 190 g/mol. The molecule has 15 heavy (non-hydrogen) atoms. The van der Waals surface area contributed by atoms with Gasteiger partial charge in [-0.2, -0.15) is 0 Å². The fourth-order valence-corrected chi connectivity index (χ4v) is 1.86. The standard InChI is InChI=1S/C12H17NO2/c1-13-7-8-15-9-12(13)10-3-5-11(14-2)6-4-10/h3-6,12H,7-9H2,1-2H3. The van der Waals surface area contributed by atoms with Gasteiger partial charge in [-0.25, -0.2) is 0 Å². The molecule has 82 valence electrons. The second-order valence-corrected chi connectivity index (χ2v) is 3.84. The number of rotatable bonds is 2. The molecule has 0 spiro atoms. The SMILES string of the molecule is COc1ccc(C2COCCN2C)cc1. The van der Waals surface area contributed by atoms with E-state index in [4.69, 9.17) is 9.47 Å². The summed E-state index contributed by atoms with van der Waals surface area (Å²) in [5.41, 5.74) is 1.29. The summed E-state index contributed by atoms with van der Waals surface area (Å²) in [5, 5.41) is 0. The van der Waals surface area contributed by atoms with Crippen molar-refractivity contribution in [2.24, 2.45) is 0 Å². The second kappa shape index (κ2) is 4.64. The molecule has 0 radical (unpaired) electrons. The molecule has 1 saturated heterocycles. The van der Waals surface area contributed by atoms with E-state index in [2.05, 4.69) is 24.1 Å². The number of likely N-dealkylation sites (N-methyl/N-ethyl adjacent to an activating group) is 1. The number of ether oxygens (including phenoxy) is 2. The quantitative estimate of drug-likeness (QED) is 0.736. The Morgan fingerprint density at radius 2 is 2.07 bits per heavy atom. The van der Waals surface area contributed by atoms with Crippen molar-refractivity contribution >= 4 is 0 Å². The molecule has 3 heteroatoms. The molecule has 3 nitrogen and oxygen atoms in total. The first-order valence-electron chi connectivity index (χ1n) is 5.23. The monoisotopic (exact) mass is 207 g/mol. The molecule has 1 unspecified atom stereocenters. The Hall–Kier alpha value is -1.06. The Labute approximate surface area is 90.6 Å².